The van der Waals surface area contributed by atoms with Crippen LogP contribution in [0.1, 0.15) is 15.9 Å². The molecule has 0 heterocycles. The molecule has 6 nitrogen and oxygen atoms in total. The zero-order valence-corrected chi connectivity index (χ0v) is 14.6. The first-order valence-electron chi connectivity index (χ1n) is 6.85. The van der Waals surface area contributed by atoms with Crippen LogP contribution in [-0.2, 0) is 9.84 Å². The molecular weight excluding hydrogens is 350 g/mol. The van der Waals surface area contributed by atoms with Crippen LogP contribution in [0.3, 0.4) is 0 Å². The lowest BCUT2D eigenvalue weighted by Crippen LogP contribution is -2.24. The molecule has 0 bridgehead atoms. The standard InChI is InChI=1S/C16H16ClN3O3S/c1-9-12(15(21)20-16(18)19)6-7-13(14(9)24(2,22)23)10-4-3-5-11(17)8-10/h3-8H,1-2H3,(H4,18,19,20,21). The second-order valence-electron chi connectivity index (χ2n) is 5.24. The molecule has 24 heavy (non-hydrogen) atoms. The fraction of sp³-hybridized carbons (Fsp3) is 0.125. The first-order chi connectivity index (χ1) is 11.1. The molecule has 0 atom stereocenters. The summed E-state index contributed by atoms with van der Waals surface area (Å²) >= 11 is 5.99. The Balaban J connectivity index is 2.78. The molecular formula is C16H16ClN3O3S. The lowest BCUT2D eigenvalue weighted by atomic mass is 9.99. The Morgan fingerprint density at radius 1 is 1.17 bits per heavy atom. The van der Waals surface area contributed by atoms with Crippen LogP contribution in [0.15, 0.2) is 46.3 Å². The highest BCUT2D eigenvalue weighted by molar-refractivity contribution is 7.91. The van der Waals surface area contributed by atoms with Crippen molar-refractivity contribution in [3.8, 4) is 11.1 Å². The fourth-order valence-corrected chi connectivity index (χ4v) is 3.90. The highest BCUT2D eigenvalue weighted by Gasteiger charge is 2.22. The van der Waals surface area contributed by atoms with Gasteiger partial charge in [0, 0.05) is 22.4 Å². The molecule has 4 N–H and O–H groups in total. The largest absolute Gasteiger partial charge is 0.370 e. The summed E-state index contributed by atoms with van der Waals surface area (Å²) < 4.78 is 24.6. The summed E-state index contributed by atoms with van der Waals surface area (Å²) in [5.41, 5.74) is 11.9. The van der Waals surface area contributed by atoms with Gasteiger partial charge >= 0.3 is 0 Å². The third kappa shape index (κ3) is 3.74. The Labute approximate surface area is 145 Å². The summed E-state index contributed by atoms with van der Waals surface area (Å²) in [7, 11) is -3.62. The van der Waals surface area contributed by atoms with Gasteiger partial charge < -0.3 is 11.5 Å². The van der Waals surface area contributed by atoms with E-state index in [2.05, 4.69) is 4.99 Å². The van der Waals surface area contributed by atoms with Crippen molar-refractivity contribution in [2.75, 3.05) is 6.26 Å². The van der Waals surface area contributed by atoms with E-state index in [-0.39, 0.29) is 22.0 Å². The van der Waals surface area contributed by atoms with Gasteiger partial charge in [0.2, 0.25) is 0 Å². The van der Waals surface area contributed by atoms with Gasteiger partial charge in [0.25, 0.3) is 5.91 Å². The first-order valence-corrected chi connectivity index (χ1v) is 9.11. The second-order valence-corrected chi connectivity index (χ2v) is 7.63. The molecule has 2 aromatic rings. The van der Waals surface area contributed by atoms with Gasteiger partial charge in [-0.1, -0.05) is 29.8 Å². The molecule has 8 heteroatoms. The van der Waals surface area contributed by atoms with E-state index in [1.165, 1.54) is 6.07 Å². The van der Waals surface area contributed by atoms with Crippen LogP contribution in [0.25, 0.3) is 11.1 Å². The van der Waals surface area contributed by atoms with Crippen LogP contribution in [0.2, 0.25) is 5.02 Å². The van der Waals surface area contributed by atoms with Gasteiger partial charge in [0.1, 0.15) is 0 Å². The van der Waals surface area contributed by atoms with Gasteiger partial charge in [0.15, 0.2) is 15.8 Å². The molecule has 0 aliphatic rings. The van der Waals surface area contributed by atoms with E-state index >= 15 is 0 Å². The smallest absolute Gasteiger partial charge is 0.280 e. The number of benzene rings is 2. The number of aliphatic imine (C=N–C) groups is 1. The third-order valence-corrected chi connectivity index (χ3v) is 4.88. The predicted molar refractivity (Wildman–Crippen MR) is 94.9 cm³/mol. The number of carbonyl (C=O) groups is 1. The first kappa shape index (κ1) is 18.0. The monoisotopic (exact) mass is 365 g/mol. The molecule has 2 rings (SSSR count). The Hall–Kier alpha value is -2.38. The molecule has 0 fully saturated rings. The van der Waals surface area contributed by atoms with Crippen molar-refractivity contribution < 1.29 is 13.2 Å². The molecule has 0 spiro atoms. The summed E-state index contributed by atoms with van der Waals surface area (Å²) in [6, 6.07) is 9.85. The fourth-order valence-electron chi connectivity index (χ4n) is 2.46. The van der Waals surface area contributed by atoms with Gasteiger partial charge in [-0.25, -0.2) is 8.42 Å². The molecule has 0 saturated carbocycles. The average molecular weight is 366 g/mol. The topological polar surface area (TPSA) is 116 Å². The van der Waals surface area contributed by atoms with Gasteiger partial charge in [-0.3, -0.25) is 4.79 Å². The highest BCUT2D eigenvalue weighted by atomic mass is 35.5. The summed E-state index contributed by atoms with van der Waals surface area (Å²) in [6.45, 7) is 1.54. The summed E-state index contributed by atoms with van der Waals surface area (Å²) in [5.74, 6) is -1.09. The van der Waals surface area contributed by atoms with E-state index in [0.29, 0.717) is 16.1 Å². The minimum Gasteiger partial charge on any atom is -0.370 e. The summed E-state index contributed by atoms with van der Waals surface area (Å²) in [6.07, 6.45) is 1.08. The average Bonchev–Trinajstić information content (AvgIpc) is 2.44. The maximum Gasteiger partial charge on any atom is 0.280 e. The van der Waals surface area contributed by atoms with Crippen molar-refractivity contribution in [2.24, 2.45) is 16.5 Å². The molecule has 126 valence electrons. The van der Waals surface area contributed by atoms with Crippen LogP contribution in [-0.4, -0.2) is 26.5 Å². The highest BCUT2D eigenvalue weighted by Crippen LogP contribution is 2.33. The molecule has 1 amide bonds. The number of hydrogen-bond acceptors (Lipinski definition) is 3. The lowest BCUT2D eigenvalue weighted by Gasteiger charge is -2.14. The molecule has 2 aromatic carbocycles. The Morgan fingerprint density at radius 3 is 2.38 bits per heavy atom. The van der Waals surface area contributed by atoms with Crippen LogP contribution in [0.4, 0.5) is 0 Å². The Morgan fingerprint density at radius 2 is 1.83 bits per heavy atom. The molecule has 0 unspecified atom stereocenters. The number of guanidine groups is 1. The minimum atomic E-state index is -3.62. The van der Waals surface area contributed by atoms with Crippen molar-refractivity contribution in [2.45, 2.75) is 11.8 Å². The van der Waals surface area contributed by atoms with Crippen molar-refractivity contribution in [3.05, 3.63) is 52.5 Å². The molecule has 0 aliphatic carbocycles. The maximum absolute atomic E-state index is 12.3. The Kier molecular flexibility index (Phi) is 4.96. The normalized spacial score (nSPS) is 11.1. The van der Waals surface area contributed by atoms with Gasteiger partial charge in [-0.2, -0.15) is 4.99 Å². The van der Waals surface area contributed by atoms with Crippen molar-refractivity contribution in [3.63, 3.8) is 0 Å². The van der Waals surface area contributed by atoms with E-state index in [4.69, 9.17) is 23.1 Å². The second kappa shape index (κ2) is 6.62. The Bertz CT molecular complexity index is 949. The van der Waals surface area contributed by atoms with Gasteiger partial charge in [0.05, 0.1) is 4.90 Å². The molecule has 0 saturated heterocycles. The van der Waals surface area contributed by atoms with E-state index in [0.717, 1.165) is 6.26 Å². The summed E-state index contributed by atoms with van der Waals surface area (Å²) in [4.78, 5) is 15.6. The molecule has 0 aromatic heterocycles. The predicted octanol–water partition coefficient (Wildman–Crippen LogP) is 2.13. The quantitative estimate of drug-likeness (QED) is 0.638. The van der Waals surface area contributed by atoms with E-state index in [1.54, 1.807) is 37.3 Å². The lowest BCUT2D eigenvalue weighted by molar-refractivity contribution is 0.100. The number of nitrogens with zero attached hydrogens (tertiary/aromatic N) is 1. The summed E-state index contributed by atoms with van der Waals surface area (Å²) in [5, 5.41) is 0.477. The third-order valence-electron chi connectivity index (χ3n) is 3.37. The number of hydrogen-bond donors (Lipinski definition) is 2. The maximum atomic E-state index is 12.3. The zero-order valence-electron chi connectivity index (χ0n) is 13.1. The molecule has 0 aliphatic heterocycles. The number of carbonyl (C=O) groups excluding carboxylic acids is 1. The van der Waals surface area contributed by atoms with Crippen LogP contribution in [0, 0.1) is 6.92 Å². The number of halogens is 1. The van der Waals surface area contributed by atoms with Crippen LogP contribution in [0.5, 0.6) is 0 Å². The van der Waals surface area contributed by atoms with Crippen LogP contribution < -0.4 is 11.5 Å². The van der Waals surface area contributed by atoms with Crippen molar-refractivity contribution >= 4 is 33.3 Å². The van der Waals surface area contributed by atoms with E-state index < -0.39 is 15.7 Å². The number of sulfone groups is 1. The number of amides is 1. The van der Waals surface area contributed by atoms with Crippen LogP contribution >= 0.6 is 11.6 Å². The number of nitrogens with two attached hydrogens (primary N) is 2. The van der Waals surface area contributed by atoms with Crippen molar-refractivity contribution in [1.29, 1.82) is 0 Å². The van der Waals surface area contributed by atoms with E-state index in [1.807, 2.05) is 0 Å². The van der Waals surface area contributed by atoms with Gasteiger partial charge in [-0.05, 0) is 36.2 Å². The number of rotatable bonds is 3. The van der Waals surface area contributed by atoms with Gasteiger partial charge in [-0.15, -0.1) is 0 Å². The van der Waals surface area contributed by atoms with Crippen molar-refractivity contribution in [1.82, 2.24) is 0 Å². The minimum absolute atomic E-state index is 0.0430. The molecule has 0 radical (unpaired) electrons. The van der Waals surface area contributed by atoms with E-state index in [9.17, 15) is 13.2 Å². The SMILES string of the molecule is Cc1c(C(=O)N=C(N)N)ccc(-c2cccc(Cl)c2)c1S(C)(=O)=O. The zero-order chi connectivity index (χ0) is 18.1.